The minimum absolute atomic E-state index is 0.147. The first-order chi connectivity index (χ1) is 14.1. The van der Waals surface area contributed by atoms with E-state index in [0.29, 0.717) is 42.4 Å². The van der Waals surface area contributed by atoms with E-state index < -0.39 is 0 Å². The van der Waals surface area contributed by atoms with Gasteiger partial charge in [0.25, 0.3) is 0 Å². The van der Waals surface area contributed by atoms with Crippen LogP contribution in [0.3, 0.4) is 0 Å². The van der Waals surface area contributed by atoms with Crippen LogP contribution in [-0.4, -0.2) is 53.1 Å². The van der Waals surface area contributed by atoms with Crippen LogP contribution in [0.4, 0.5) is 4.79 Å². The van der Waals surface area contributed by atoms with Gasteiger partial charge in [0.1, 0.15) is 0 Å². The van der Waals surface area contributed by atoms with Crippen LogP contribution in [0.5, 0.6) is 23.0 Å². The highest BCUT2D eigenvalue weighted by molar-refractivity contribution is 5.89. The molecule has 1 aliphatic heterocycles. The van der Waals surface area contributed by atoms with Crippen LogP contribution in [0, 0.1) is 0 Å². The van der Waals surface area contributed by atoms with Crippen molar-refractivity contribution < 1.29 is 28.5 Å². The minimum atomic E-state index is -0.328. The molecule has 1 aliphatic carbocycles. The number of amides is 1. The molecule has 0 spiro atoms. The van der Waals surface area contributed by atoms with Gasteiger partial charge in [-0.2, -0.15) is 0 Å². The number of benzene rings is 2. The summed E-state index contributed by atoms with van der Waals surface area (Å²) < 4.78 is 27.8. The number of rotatable bonds is 4. The predicted octanol–water partition coefficient (Wildman–Crippen LogP) is 3.61. The van der Waals surface area contributed by atoms with Gasteiger partial charge >= 0.3 is 6.09 Å². The number of carbonyl (C=O) groups excluding carboxylic acids is 1. The molecule has 2 aromatic rings. The molecule has 4 rings (SSSR count). The number of ether oxygens (including phenoxy) is 5. The fourth-order valence-corrected chi connectivity index (χ4v) is 4.62. The number of fused-ring (bicyclic) bond motifs is 2. The maximum Gasteiger partial charge on any atom is 0.410 e. The topological polar surface area (TPSA) is 66.5 Å². The Kier molecular flexibility index (Phi) is 4.90. The van der Waals surface area contributed by atoms with Gasteiger partial charge in [-0.3, -0.25) is 0 Å². The van der Waals surface area contributed by atoms with Crippen molar-refractivity contribution in [2.45, 2.75) is 18.9 Å². The van der Waals surface area contributed by atoms with Gasteiger partial charge < -0.3 is 28.6 Å². The number of nitrogens with zero attached hydrogens (tertiary/aromatic N) is 1. The van der Waals surface area contributed by atoms with E-state index in [0.717, 1.165) is 27.8 Å². The van der Waals surface area contributed by atoms with E-state index in [1.165, 1.54) is 7.11 Å². The third kappa shape index (κ3) is 2.75. The molecular formula is C22H25NO6. The van der Waals surface area contributed by atoms with Crippen LogP contribution in [0.25, 0.3) is 11.1 Å². The fourth-order valence-electron chi connectivity index (χ4n) is 4.62. The summed E-state index contributed by atoms with van der Waals surface area (Å²) in [5.74, 6) is 2.57. The third-order valence-corrected chi connectivity index (χ3v) is 5.83. The first-order valence-corrected chi connectivity index (χ1v) is 9.46. The van der Waals surface area contributed by atoms with E-state index >= 15 is 0 Å². The van der Waals surface area contributed by atoms with Crippen molar-refractivity contribution in [1.82, 2.24) is 4.90 Å². The monoisotopic (exact) mass is 399 g/mol. The highest BCUT2D eigenvalue weighted by Gasteiger charge is 2.41. The van der Waals surface area contributed by atoms with Gasteiger partial charge in [0.05, 0.1) is 41.6 Å². The maximum atomic E-state index is 12.5. The second kappa shape index (κ2) is 7.39. The Hall–Kier alpha value is -3.09. The molecule has 1 unspecified atom stereocenters. The lowest BCUT2D eigenvalue weighted by molar-refractivity contribution is 0.100. The molecule has 0 radical (unpaired) electrons. The van der Waals surface area contributed by atoms with E-state index in [-0.39, 0.29) is 12.1 Å². The van der Waals surface area contributed by atoms with Gasteiger partial charge in [-0.05, 0) is 41.7 Å². The van der Waals surface area contributed by atoms with E-state index in [1.807, 2.05) is 18.2 Å². The Labute approximate surface area is 170 Å². The summed E-state index contributed by atoms with van der Waals surface area (Å²) in [5, 5.41) is 0. The van der Waals surface area contributed by atoms with Crippen LogP contribution >= 0.6 is 0 Å². The van der Waals surface area contributed by atoms with Crippen molar-refractivity contribution in [2.75, 3.05) is 42.1 Å². The molecule has 0 saturated carbocycles. The standard InChI is InChI=1S/C22H25NO6/c1-25-15-7-6-12-10-14-17-13(8-9-23(14)22(24)29-5)11-16(26-2)21(28-4)19(17)18(12)20(15)27-3/h6-7,11,14H,8-10H2,1-5H3. The van der Waals surface area contributed by atoms with Gasteiger partial charge in [-0.25, -0.2) is 4.79 Å². The first-order valence-electron chi connectivity index (χ1n) is 9.46. The van der Waals surface area contributed by atoms with E-state index in [4.69, 9.17) is 23.7 Å². The molecule has 2 aliphatic rings. The highest BCUT2D eigenvalue weighted by atomic mass is 16.5. The molecule has 1 amide bonds. The summed E-state index contributed by atoms with van der Waals surface area (Å²) in [4.78, 5) is 14.3. The number of hydrogen-bond acceptors (Lipinski definition) is 6. The van der Waals surface area contributed by atoms with Gasteiger partial charge in [-0.1, -0.05) is 6.07 Å². The van der Waals surface area contributed by atoms with Gasteiger partial charge in [-0.15, -0.1) is 0 Å². The van der Waals surface area contributed by atoms with Crippen molar-refractivity contribution in [2.24, 2.45) is 0 Å². The van der Waals surface area contributed by atoms with Crippen molar-refractivity contribution in [3.63, 3.8) is 0 Å². The van der Waals surface area contributed by atoms with E-state index in [1.54, 1.807) is 33.3 Å². The minimum Gasteiger partial charge on any atom is -0.493 e. The zero-order valence-electron chi connectivity index (χ0n) is 17.3. The molecule has 0 fully saturated rings. The molecule has 1 atom stereocenters. The Morgan fingerprint density at radius 3 is 2.21 bits per heavy atom. The molecule has 0 N–H and O–H groups in total. The molecule has 0 aromatic heterocycles. The van der Waals surface area contributed by atoms with Crippen LogP contribution in [0.1, 0.15) is 22.7 Å². The van der Waals surface area contributed by atoms with Crippen molar-refractivity contribution >= 4 is 6.09 Å². The van der Waals surface area contributed by atoms with Crippen LogP contribution in [-0.2, 0) is 17.6 Å². The second-order valence-electron chi connectivity index (χ2n) is 7.03. The summed E-state index contributed by atoms with van der Waals surface area (Å²) >= 11 is 0. The molecule has 29 heavy (non-hydrogen) atoms. The summed E-state index contributed by atoms with van der Waals surface area (Å²) in [6.07, 6.45) is 1.03. The Morgan fingerprint density at radius 2 is 1.59 bits per heavy atom. The van der Waals surface area contributed by atoms with Gasteiger partial charge in [0.15, 0.2) is 23.0 Å². The Balaban J connectivity index is 2.08. The Bertz CT molecular complexity index is 971. The van der Waals surface area contributed by atoms with E-state index in [9.17, 15) is 4.79 Å². The van der Waals surface area contributed by atoms with Crippen LogP contribution < -0.4 is 18.9 Å². The molecule has 2 aromatic carbocycles. The highest BCUT2D eigenvalue weighted by Crippen LogP contribution is 2.56. The second-order valence-corrected chi connectivity index (χ2v) is 7.03. The Morgan fingerprint density at radius 1 is 0.897 bits per heavy atom. The molecular weight excluding hydrogens is 374 g/mol. The number of methoxy groups -OCH3 is 5. The largest absolute Gasteiger partial charge is 0.493 e. The zero-order chi connectivity index (χ0) is 20.7. The molecule has 1 heterocycles. The average Bonchev–Trinajstić information content (AvgIpc) is 2.77. The van der Waals surface area contributed by atoms with Crippen LogP contribution in [0.15, 0.2) is 18.2 Å². The number of carbonyl (C=O) groups is 1. The predicted molar refractivity (Wildman–Crippen MR) is 107 cm³/mol. The number of hydrogen-bond donors (Lipinski definition) is 0. The summed E-state index contributed by atoms with van der Waals surface area (Å²) in [7, 11) is 7.91. The summed E-state index contributed by atoms with van der Waals surface area (Å²) in [5.41, 5.74) is 5.05. The smallest absolute Gasteiger partial charge is 0.410 e. The average molecular weight is 399 g/mol. The quantitative estimate of drug-likeness (QED) is 0.783. The van der Waals surface area contributed by atoms with Gasteiger partial charge in [0, 0.05) is 17.7 Å². The fraction of sp³-hybridized carbons (Fsp3) is 0.409. The zero-order valence-corrected chi connectivity index (χ0v) is 17.3. The summed E-state index contributed by atoms with van der Waals surface area (Å²) in [6.45, 7) is 0.585. The van der Waals surface area contributed by atoms with Gasteiger partial charge in [0.2, 0.25) is 0 Å². The van der Waals surface area contributed by atoms with Crippen molar-refractivity contribution in [3.8, 4) is 34.1 Å². The third-order valence-electron chi connectivity index (χ3n) is 5.83. The van der Waals surface area contributed by atoms with Crippen LogP contribution in [0.2, 0.25) is 0 Å². The molecule has 7 heteroatoms. The lowest BCUT2D eigenvalue weighted by Gasteiger charge is -2.41. The molecule has 154 valence electrons. The van der Waals surface area contributed by atoms with Crippen molar-refractivity contribution in [1.29, 1.82) is 0 Å². The van der Waals surface area contributed by atoms with Crippen molar-refractivity contribution in [3.05, 3.63) is 34.9 Å². The molecule has 0 bridgehead atoms. The summed E-state index contributed by atoms with van der Waals surface area (Å²) in [6, 6.07) is 5.77. The lowest BCUT2D eigenvalue weighted by atomic mass is 9.76. The maximum absolute atomic E-state index is 12.5. The molecule has 7 nitrogen and oxygen atoms in total. The molecule has 0 saturated heterocycles. The lowest BCUT2D eigenvalue weighted by Crippen LogP contribution is -2.42. The SMILES string of the molecule is COC(=O)N1CCc2cc(OC)c(OC)c3c2C1Cc1ccc(OC)c(OC)c1-3. The first kappa shape index (κ1) is 19.2. The normalized spacial score (nSPS) is 16.4. The van der Waals surface area contributed by atoms with E-state index in [2.05, 4.69) is 0 Å².